The summed E-state index contributed by atoms with van der Waals surface area (Å²) in [6.45, 7) is 7.10. The first-order valence-corrected chi connectivity index (χ1v) is 7.15. The molecule has 0 fully saturated rings. The first-order valence-electron chi connectivity index (χ1n) is 7.15. The lowest BCUT2D eigenvalue weighted by atomic mass is 10.1. The standard InChI is InChI=1S/C15H23N3O4/c1-4-18(5-2)7-6-17-14(19)11-8-10(15(20)21)12(16)9-13(11)22-3/h8-9H,4-7,16H2,1-3H3,(H,17,19)(H,20,21). The zero-order valence-corrected chi connectivity index (χ0v) is 13.2. The molecule has 0 heterocycles. The normalized spacial score (nSPS) is 10.5. The van der Waals surface area contributed by atoms with E-state index in [0.29, 0.717) is 6.54 Å². The molecule has 0 bridgehead atoms. The van der Waals surface area contributed by atoms with Crippen molar-refractivity contribution in [3.63, 3.8) is 0 Å². The van der Waals surface area contributed by atoms with Crippen LogP contribution in [0.3, 0.4) is 0 Å². The third-order valence-electron chi connectivity index (χ3n) is 3.45. The Morgan fingerprint density at radius 2 is 1.91 bits per heavy atom. The molecule has 4 N–H and O–H groups in total. The van der Waals surface area contributed by atoms with Crippen LogP contribution in [-0.2, 0) is 0 Å². The van der Waals surface area contributed by atoms with Crippen LogP contribution in [0.1, 0.15) is 34.6 Å². The third kappa shape index (κ3) is 4.36. The van der Waals surface area contributed by atoms with E-state index in [0.717, 1.165) is 19.6 Å². The number of ether oxygens (including phenoxy) is 1. The Kier molecular flexibility index (Phi) is 6.65. The third-order valence-corrected chi connectivity index (χ3v) is 3.45. The molecular weight excluding hydrogens is 286 g/mol. The number of nitrogens with two attached hydrogens (primary N) is 1. The van der Waals surface area contributed by atoms with Gasteiger partial charge in [-0.15, -0.1) is 0 Å². The second-order valence-electron chi connectivity index (χ2n) is 4.73. The number of nitrogens with zero attached hydrogens (tertiary/aromatic N) is 1. The van der Waals surface area contributed by atoms with E-state index in [2.05, 4.69) is 10.2 Å². The van der Waals surface area contributed by atoms with Crippen molar-refractivity contribution >= 4 is 17.6 Å². The summed E-state index contributed by atoms with van der Waals surface area (Å²) >= 11 is 0. The Balaban J connectivity index is 2.87. The summed E-state index contributed by atoms with van der Waals surface area (Å²) in [5.41, 5.74) is 5.75. The average molecular weight is 309 g/mol. The number of benzene rings is 1. The number of carbonyl (C=O) groups is 2. The molecule has 0 atom stereocenters. The number of carbonyl (C=O) groups excluding carboxylic acids is 1. The average Bonchev–Trinajstić information content (AvgIpc) is 2.50. The Morgan fingerprint density at radius 1 is 1.27 bits per heavy atom. The van der Waals surface area contributed by atoms with Gasteiger partial charge in [0.25, 0.3) is 5.91 Å². The van der Waals surface area contributed by atoms with Crippen molar-refractivity contribution in [1.29, 1.82) is 0 Å². The van der Waals surface area contributed by atoms with Crippen LogP contribution in [0.2, 0.25) is 0 Å². The van der Waals surface area contributed by atoms with Gasteiger partial charge in [0.15, 0.2) is 0 Å². The highest BCUT2D eigenvalue weighted by Crippen LogP contribution is 2.25. The molecular formula is C15H23N3O4. The van der Waals surface area contributed by atoms with Crippen molar-refractivity contribution in [1.82, 2.24) is 10.2 Å². The van der Waals surface area contributed by atoms with E-state index in [1.807, 2.05) is 13.8 Å². The van der Waals surface area contributed by atoms with Crippen molar-refractivity contribution in [2.24, 2.45) is 0 Å². The highest BCUT2D eigenvalue weighted by molar-refractivity contribution is 6.02. The maximum Gasteiger partial charge on any atom is 0.337 e. The number of anilines is 1. The van der Waals surface area contributed by atoms with Gasteiger partial charge < -0.3 is 25.8 Å². The van der Waals surface area contributed by atoms with E-state index in [1.165, 1.54) is 19.2 Å². The second-order valence-corrected chi connectivity index (χ2v) is 4.73. The minimum atomic E-state index is -1.18. The molecule has 1 aromatic rings. The number of rotatable bonds is 8. The lowest BCUT2D eigenvalue weighted by molar-refractivity contribution is 0.0698. The molecule has 0 radical (unpaired) electrons. The Bertz CT molecular complexity index is 542. The predicted molar refractivity (Wildman–Crippen MR) is 84.5 cm³/mol. The number of hydrogen-bond acceptors (Lipinski definition) is 5. The summed E-state index contributed by atoms with van der Waals surface area (Å²) in [5, 5.41) is 11.9. The monoisotopic (exact) mass is 309 g/mol. The Hall–Kier alpha value is -2.28. The minimum absolute atomic E-state index is 0.0593. The number of methoxy groups -OCH3 is 1. The number of nitrogens with one attached hydrogen (secondary N) is 1. The highest BCUT2D eigenvalue weighted by Gasteiger charge is 2.18. The van der Waals surface area contributed by atoms with Gasteiger partial charge in [-0.3, -0.25) is 4.79 Å². The lowest BCUT2D eigenvalue weighted by Crippen LogP contribution is -2.35. The van der Waals surface area contributed by atoms with Gasteiger partial charge in [0.05, 0.1) is 18.2 Å². The molecule has 0 aliphatic rings. The second kappa shape index (κ2) is 8.23. The fourth-order valence-corrected chi connectivity index (χ4v) is 2.09. The molecule has 1 amide bonds. The molecule has 1 aromatic carbocycles. The van der Waals surface area contributed by atoms with E-state index in [1.54, 1.807) is 0 Å². The zero-order valence-electron chi connectivity index (χ0n) is 13.2. The predicted octanol–water partition coefficient (Wildman–Crippen LogP) is 1.05. The van der Waals surface area contributed by atoms with Crippen LogP contribution in [0.5, 0.6) is 5.75 Å². The number of likely N-dealkylation sites (N-methyl/N-ethyl adjacent to an activating group) is 1. The summed E-state index contributed by atoms with van der Waals surface area (Å²) in [4.78, 5) is 25.5. The van der Waals surface area contributed by atoms with E-state index in [4.69, 9.17) is 15.6 Å². The molecule has 0 aromatic heterocycles. The van der Waals surface area contributed by atoms with Gasteiger partial charge in [0, 0.05) is 24.8 Å². The van der Waals surface area contributed by atoms with Crippen molar-refractivity contribution in [2.45, 2.75) is 13.8 Å². The van der Waals surface area contributed by atoms with Gasteiger partial charge in [-0.05, 0) is 19.2 Å². The van der Waals surface area contributed by atoms with Crippen molar-refractivity contribution in [3.8, 4) is 5.75 Å². The van der Waals surface area contributed by atoms with Gasteiger partial charge in [-0.2, -0.15) is 0 Å². The van der Waals surface area contributed by atoms with E-state index in [-0.39, 0.29) is 28.5 Å². The van der Waals surface area contributed by atoms with Gasteiger partial charge in [0.2, 0.25) is 0 Å². The van der Waals surface area contributed by atoms with E-state index < -0.39 is 5.97 Å². The molecule has 7 heteroatoms. The summed E-state index contributed by atoms with van der Waals surface area (Å²) in [5.74, 6) is -1.31. The van der Waals surface area contributed by atoms with Crippen LogP contribution in [0.4, 0.5) is 5.69 Å². The highest BCUT2D eigenvalue weighted by atomic mass is 16.5. The number of nitrogen functional groups attached to an aromatic ring is 1. The van der Waals surface area contributed by atoms with Gasteiger partial charge in [-0.1, -0.05) is 13.8 Å². The van der Waals surface area contributed by atoms with Crippen LogP contribution in [0.25, 0.3) is 0 Å². The molecule has 1 rings (SSSR count). The molecule has 122 valence electrons. The molecule has 0 spiro atoms. The molecule has 0 saturated carbocycles. The minimum Gasteiger partial charge on any atom is -0.496 e. The van der Waals surface area contributed by atoms with E-state index in [9.17, 15) is 9.59 Å². The summed E-state index contributed by atoms with van der Waals surface area (Å²) in [6, 6.07) is 2.59. The Morgan fingerprint density at radius 3 is 2.41 bits per heavy atom. The Labute approximate surface area is 130 Å². The van der Waals surface area contributed by atoms with Gasteiger partial charge in [0.1, 0.15) is 5.75 Å². The zero-order chi connectivity index (χ0) is 16.7. The lowest BCUT2D eigenvalue weighted by Gasteiger charge is -2.18. The summed E-state index contributed by atoms with van der Waals surface area (Å²) in [7, 11) is 1.40. The number of carboxylic acids is 1. The first-order chi connectivity index (χ1) is 10.4. The van der Waals surface area contributed by atoms with Crippen LogP contribution < -0.4 is 15.8 Å². The maximum atomic E-state index is 12.2. The topological polar surface area (TPSA) is 105 Å². The van der Waals surface area contributed by atoms with Crippen LogP contribution >= 0.6 is 0 Å². The maximum absolute atomic E-state index is 12.2. The number of amides is 1. The van der Waals surface area contributed by atoms with Crippen LogP contribution in [-0.4, -0.2) is 55.2 Å². The fourth-order valence-electron chi connectivity index (χ4n) is 2.09. The van der Waals surface area contributed by atoms with Crippen LogP contribution in [0, 0.1) is 0 Å². The molecule has 0 unspecified atom stereocenters. The first kappa shape index (κ1) is 17.8. The van der Waals surface area contributed by atoms with Crippen molar-refractivity contribution in [3.05, 3.63) is 23.3 Å². The van der Waals surface area contributed by atoms with Gasteiger partial charge >= 0.3 is 5.97 Å². The fraction of sp³-hybridized carbons (Fsp3) is 0.467. The SMILES string of the molecule is CCN(CC)CCNC(=O)c1cc(C(=O)O)c(N)cc1OC. The van der Waals surface area contributed by atoms with E-state index >= 15 is 0 Å². The van der Waals surface area contributed by atoms with Crippen molar-refractivity contribution < 1.29 is 19.4 Å². The number of carboxylic acid groups (broad SMARTS) is 1. The van der Waals surface area contributed by atoms with Crippen LogP contribution in [0.15, 0.2) is 12.1 Å². The molecule has 0 aliphatic carbocycles. The number of aromatic carboxylic acids is 1. The summed E-state index contributed by atoms with van der Waals surface area (Å²) in [6.07, 6.45) is 0. The molecule has 22 heavy (non-hydrogen) atoms. The smallest absolute Gasteiger partial charge is 0.337 e. The molecule has 0 saturated heterocycles. The summed E-state index contributed by atoms with van der Waals surface area (Å²) < 4.78 is 5.11. The quantitative estimate of drug-likeness (QED) is 0.620. The largest absolute Gasteiger partial charge is 0.496 e. The van der Waals surface area contributed by atoms with Crippen molar-refractivity contribution in [2.75, 3.05) is 39.0 Å². The number of hydrogen-bond donors (Lipinski definition) is 3. The molecule has 7 nitrogen and oxygen atoms in total. The van der Waals surface area contributed by atoms with Gasteiger partial charge in [-0.25, -0.2) is 4.79 Å². The molecule has 0 aliphatic heterocycles.